The van der Waals surface area contributed by atoms with Crippen molar-refractivity contribution in [2.75, 3.05) is 34.2 Å². The van der Waals surface area contributed by atoms with Gasteiger partial charge in [0, 0.05) is 23.8 Å². The van der Waals surface area contributed by atoms with Gasteiger partial charge in [0.05, 0.1) is 37.2 Å². The van der Waals surface area contributed by atoms with E-state index in [1.165, 1.54) is 44.6 Å². The average Bonchev–Trinajstić information content (AvgIpc) is 2.76. The molecule has 11 heteroatoms. The van der Waals surface area contributed by atoms with Gasteiger partial charge >= 0.3 is 5.97 Å². The zero-order valence-electron chi connectivity index (χ0n) is 20.4. The molecule has 192 valence electrons. The number of sulfonamides is 1. The van der Waals surface area contributed by atoms with Crippen LogP contribution in [0.15, 0.2) is 35.2 Å². The fourth-order valence-corrected chi connectivity index (χ4v) is 4.71. The van der Waals surface area contributed by atoms with Crippen LogP contribution < -0.4 is 14.2 Å². The van der Waals surface area contributed by atoms with Crippen LogP contribution in [0.1, 0.15) is 36.7 Å². The molecule has 0 aromatic heterocycles. The van der Waals surface area contributed by atoms with Crippen LogP contribution in [-0.2, 0) is 30.7 Å². The first kappa shape index (κ1) is 28.2. The van der Waals surface area contributed by atoms with Crippen molar-refractivity contribution in [1.29, 1.82) is 0 Å². The fourth-order valence-electron chi connectivity index (χ4n) is 3.27. The van der Waals surface area contributed by atoms with Crippen molar-refractivity contribution in [3.63, 3.8) is 0 Å². The normalized spacial score (nSPS) is 11.8. The number of nitrogens with one attached hydrogen (secondary N) is 1. The Balaban J connectivity index is 2.70. The van der Waals surface area contributed by atoms with Crippen LogP contribution >= 0.6 is 0 Å². The summed E-state index contributed by atoms with van der Waals surface area (Å²) >= 11 is 0. The lowest BCUT2D eigenvalue weighted by Crippen LogP contribution is -2.40. The minimum atomic E-state index is -3.91. The van der Waals surface area contributed by atoms with Crippen molar-refractivity contribution in [3.8, 4) is 22.6 Å². The molecular formula is C24H31NO9S. The molecule has 35 heavy (non-hydrogen) atoms. The summed E-state index contributed by atoms with van der Waals surface area (Å²) in [6.45, 7) is 5.52. The molecule has 2 rings (SSSR count). The number of rotatable bonds is 13. The predicted molar refractivity (Wildman–Crippen MR) is 129 cm³/mol. The highest BCUT2D eigenvalue weighted by molar-refractivity contribution is 7.89. The zero-order chi connectivity index (χ0) is 26.2. The Morgan fingerprint density at radius 1 is 1.09 bits per heavy atom. The Kier molecular flexibility index (Phi) is 9.78. The van der Waals surface area contributed by atoms with Gasteiger partial charge < -0.3 is 24.1 Å². The number of benzene rings is 2. The van der Waals surface area contributed by atoms with E-state index < -0.39 is 21.5 Å². The number of carboxylic acid groups (broad SMARTS) is 1. The van der Waals surface area contributed by atoms with Gasteiger partial charge in [0.15, 0.2) is 13.1 Å². The van der Waals surface area contributed by atoms with Crippen LogP contribution in [0.3, 0.4) is 0 Å². The van der Waals surface area contributed by atoms with E-state index in [1.54, 1.807) is 20.8 Å². The lowest BCUT2D eigenvalue weighted by atomic mass is 9.96. The van der Waals surface area contributed by atoms with E-state index in [0.29, 0.717) is 29.8 Å². The van der Waals surface area contributed by atoms with Crippen molar-refractivity contribution in [2.24, 2.45) is 0 Å². The molecule has 10 nitrogen and oxygen atoms in total. The van der Waals surface area contributed by atoms with Gasteiger partial charge in [-0.25, -0.2) is 13.1 Å². The number of ether oxygens (including phenoxy) is 4. The topological polar surface area (TPSA) is 137 Å². The first-order chi connectivity index (χ1) is 16.4. The summed E-state index contributed by atoms with van der Waals surface area (Å²) < 4.78 is 50.0. The molecule has 0 amide bonds. The van der Waals surface area contributed by atoms with Crippen LogP contribution in [0.25, 0.3) is 11.1 Å². The number of hydrogen-bond donors (Lipinski definition) is 2. The zero-order valence-corrected chi connectivity index (χ0v) is 21.2. The largest absolute Gasteiger partial charge is 0.496 e. The van der Waals surface area contributed by atoms with Crippen LogP contribution in [0, 0.1) is 0 Å². The Bertz CT molecular complexity index is 1150. The van der Waals surface area contributed by atoms with Gasteiger partial charge in [0.2, 0.25) is 10.0 Å². The van der Waals surface area contributed by atoms with Crippen LogP contribution in [0.4, 0.5) is 0 Å². The molecule has 0 aliphatic heterocycles. The first-order valence-corrected chi connectivity index (χ1v) is 12.2. The summed E-state index contributed by atoms with van der Waals surface area (Å²) in [5.74, 6) is -0.695. The van der Waals surface area contributed by atoms with E-state index in [9.17, 15) is 23.1 Å². The van der Waals surface area contributed by atoms with Gasteiger partial charge in [-0.15, -0.1) is 0 Å². The highest BCUT2D eigenvalue weighted by Crippen LogP contribution is 2.40. The molecular weight excluding hydrogens is 478 g/mol. The molecule has 0 bridgehead atoms. The average molecular weight is 510 g/mol. The van der Waals surface area contributed by atoms with E-state index in [1.807, 2.05) is 0 Å². The minimum Gasteiger partial charge on any atom is -0.496 e. The quantitative estimate of drug-likeness (QED) is 0.237. The summed E-state index contributed by atoms with van der Waals surface area (Å²) in [5, 5.41) is 9.28. The van der Waals surface area contributed by atoms with Gasteiger partial charge in [-0.1, -0.05) is 0 Å². The summed E-state index contributed by atoms with van der Waals surface area (Å²) in [6, 6.07) is 7.20. The molecule has 2 aromatic rings. The number of hydrogen-bond acceptors (Lipinski definition) is 8. The molecule has 0 atom stereocenters. The van der Waals surface area contributed by atoms with E-state index >= 15 is 0 Å². The van der Waals surface area contributed by atoms with Crippen molar-refractivity contribution >= 4 is 22.3 Å². The Labute approximate surface area is 205 Å². The lowest BCUT2D eigenvalue weighted by Gasteiger charge is -2.21. The molecule has 0 aliphatic carbocycles. The Morgan fingerprint density at radius 3 is 2.37 bits per heavy atom. The molecule has 0 radical (unpaired) electrons. The number of carbonyl (C=O) groups excluding carboxylic acids is 1. The molecule has 0 fully saturated rings. The number of aliphatic carboxylic acids is 1. The molecule has 0 saturated heterocycles. The summed E-state index contributed by atoms with van der Waals surface area (Å²) in [5.41, 5.74) is 0.263. The molecule has 2 N–H and O–H groups in total. The highest BCUT2D eigenvalue weighted by atomic mass is 32.2. The van der Waals surface area contributed by atoms with Gasteiger partial charge in [-0.05, 0) is 56.7 Å². The predicted octanol–water partition coefficient (Wildman–Crippen LogP) is 2.88. The van der Waals surface area contributed by atoms with Crippen molar-refractivity contribution in [3.05, 3.63) is 41.5 Å². The number of carboxylic acids is 1. The maximum atomic E-state index is 13.0. The van der Waals surface area contributed by atoms with E-state index in [4.69, 9.17) is 18.9 Å². The summed E-state index contributed by atoms with van der Waals surface area (Å²) in [6.07, 6.45) is 0.178. The van der Waals surface area contributed by atoms with Crippen LogP contribution in [-0.4, -0.2) is 65.5 Å². The van der Waals surface area contributed by atoms with E-state index in [2.05, 4.69) is 4.72 Å². The van der Waals surface area contributed by atoms with Gasteiger partial charge in [-0.2, -0.15) is 0 Å². The number of carbonyl (C=O) groups is 2. The molecule has 0 saturated carbocycles. The minimum absolute atomic E-state index is 0.0400. The monoisotopic (exact) mass is 509 g/mol. The van der Waals surface area contributed by atoms with Crippen molar-refractivity contribution < 1.29 is 42.1 Å². The van der Waals surface area contributed by atoms with E-state index in [0.717, 1.165) is 0 Å². The SMILES string of the molecule is COCCOCOc1c(C=O)cc(CC(=O)O)cc1-c1cc(S(=O)(=O)NC(C)(C)C)ccc1OC. The Hall–Kier alpha value is -2.99. The highest BCUT2D eigenvalue weighted by Gasteiger charge is 2.25. The van der Waals surface area contributed by atoms with Crippen LogP contribution in [0.2, 0.25) is 0 Å². The first-order valence-electron chi connectivity index (χ1n) is 10.7. The third-order valence-electron chi connectivity index (χ3n) is 4.59. The molecule has 0 spiro atoms. The van der Waals surface area contributed by atoms with Crippen molar-refractivity contribution in [2.45, 2.75) is 37.6 Å². The third kappa shape index (κ3) is 8.03. The molecule has 0 aliphatic rings. The van der Waals surface area contributed by atoms with E-state index in [-0.39, 0.29) is 41.6 Å². The van der Waals surface area contributed by atoms with Gasteiger partial charge in [0.1, 0.15) is 11.5 Å². The van der Waals surface area contributed by atoms with Gasteiger partial charge in [0.25, 0.3) is 0 Å². The van der Waals surface area contributed by atoms with Gasteiger partial charge in [-0.3, -0.25) is 9.59 Å². The maximum Gasteiger partial charge on any atom is 0.307 e. The maximum absolute atomic E-state index is 13.0. The molecule has 2 aromatic carbocycles. The smallest absolute Gasteiger partial charge is 0.307 e. The second-order valence-electron chi connectivity index (χ2n) is 8.63. The summed E-state index contributed by atoms with van der Waals surface area (Å²) in [7, 11) is -0.970. The summed E-state index contributed by atoms with van der Waals surface area (Å²) in [4.78, 5) is 23.2. The second kappa shape index (κ2) is 12.1. The molecule has 0 heterocycles. The number of methoxy groups -OCH3 is 2. The Morgan fingerprint density at radius 2 is 1.80 bits per heavy atom. The lowest BCUT2D eigenvalue weighted by molar-refractivity contribution is -0.136. The molecule has 0 unspecified atom stereocenters. The second-order valence-corrected chi connectivity index (χ2v) is 10.3. The third-order valence-corrected chi connectivity index (χ3v) is 6.35. The van der Waals surface area contributed by atoms with Crippen LogP contribution in [0.5, 0.6) is 11.5 Å². The standard InChI is InChI=1S/C24H31NO9S/c1-24(2,3)25-35(29,30)18-6-7-21(32-5)19(13-18)20-11-16(12-22(27)28)10-17(14-26)23(20)34-15-33-9-8-31-4/h6-7,10-11,13-14,25H,8-9,12,15H2,1-5H3,(H,27,28). The fraction of sp³-hybridized carbons (Fsp3) is 0.417. The number of aldehydes is 1. The van der Waals surface area contributed by atoms with Crippen molar-refractivity contribution in [1.82, 2.24) is 4.72 Å².